The van der Waals surface area contributed by atoms with Crippen molar-refractivity contribution in [2.24, 2.45) is 0 Å². The van der Waals surface area contributed by atoms with Gasteiger partial charge in [-0.05, 0) is 19.4 Å². The van der Waals surface area contributed by atoms with E-state index in [-0.39, 0.29) is 12.2 Å². The van der Waals surface area contributed by atoms with E-state index >= 15 is 0 Å². The van der Waals surface area contributed by atoms with Gasteiger partial charge in [-0.15, -0.1) is 0 Å². The van der Waals surface area contributed by atoms with Crippen molar-refractivity contribution >= 4 is 31.6 Å². The van der Waals surface area contributed by atoms with Crippen LogP contribution in [0.4, 0.5) is 0 Å². The summed E-state index contributed by atoms with van der Waals surface area (Å²) in [5.74, 6) is -0.459. The molecule has 0 amide bonds. The topological polar surface area (TPSA) is 51.2 Å². The van der Waals surface area contributed by atoms with Crippen molar-refractivity contribution in [3.63, 3.8) is 0 Å². The average molecular weight is 333 g/mol. The minimum atomic E-state index is -3.50. The molecule has 1 aromatic carbocycles. The van der Waals surface area contributed by atoms with E-state index in [1.165, 1.54) is 0 Å². The van der Waals surface area contributed by atoms with Gasteiger partial charge in [0.05, 0.1) is 0 Å². The molecule has 0 fully saturated rings. The monoisotopic (exact) mass is 332 g/mol. The van der Waals surface area contributed by atoms with Crippen LogP contribution < -0.4 is 0 Å². The Kier molecular flexibility index (Phi) is 4.72. The molecule has 0 saturated carbocycles. The molecule has 1 rings (SSSR count). The smallest absolute Gasteiger partial charge is 0.194 e. The summed E-state index contributed by atoms with van der Waals surface area (Å²) in [6.07, 6.45) is 0.204. The number of alkyl halides is 1. The largest absolute Gasteiger partial charge is 0.291 e. The predicted octanol–water partition coefficient (Wildman–Crippen LogP) is 3.11. The van der Waals surface area contributed by atoms with E-state index < -0.39 is 19.3 Å². The highest BCUT2D eigenvalue weighted by Crippen LogP contribution is 2.34. The Bertz CT molecular complexity index is 551. The van der Waals surface area contributed by atoms with Gasteiger partial charge in [-0.2, -0.15) is 0 Å². The molecule has 0 aliphatic carbocycles. The van der Waals surface area contributed by atoms with Gasteiger partial charge >= 0.3 is 0 Å². The van der Waals surface area contributed by atoms with Crippen LogP contribution in [0.25, 0.3) is 0 Å². The number of sulfone groups is 1. The van der Waals surface area contributed by atoms with Gasteiger partial charge in [-0.1, -0.05) is 53.5 Å². The summed E-state index contributed by atoms with van der Waals surface area (Å²) in [5, 5.41) is 0. The number of ketones is 1. The van der Waals surface area contributed by atoms with Crippen LogP contribution in [0.5, 0.6) is 0 Å². The fraction of sp³-hybridized carbons (Fsp3) is 0.462. The number of hydrogen-bond donors (Lipinski definition) is 0. The number of halogens is 1. The Morgan fingerprint density at radius 1 is 1.33 bits per heavy atom. The van der Waals surface area contributed by atoms with Crippen LogP contribution in [-0.4, -0.2) is 23.6 Å². The van der Waals surface area contributed by atoms with Crippen molar-refractivity contribution in [2.75, 3.05) is 5.75 Å². The molecule has 5 heteroatoms. The molecule has 0 spiro atoms. The first-order valence-electron chi connectivity index (χ1n) is 5.81. The van der Waals surface area contributed by atoms with Gasteiger partial charge in [0, 0.05) is 11.3 Å². The van der Waals surface area contributed by atoms with E-state index in [0.717, 1.165) is 5.56 Å². The molecule has 1 atom stereocenters. The highest BCUT2D eigenvalue weighted by molar-refractivity contribution is 9.12. The Morgan fingerprint density at radius 2 is 1.94 bits per heavy atom. The fourth-order valence-electron chi connectivity index (χ4n) is 1.75. The second-order valence-electron chi connectivity index (χ2n) is 4.18. The SMILES string of the molecule is CCC(Br)(C(=O)c1cccc(C)c1)S(=O)(=O)CC. The van der Waals surface area contributed by atoms with Crippen LogP contribution in [0.2, 0.25) is 0 Å². The maximum atomic E-state index is 12.4. The second-order valence-corrected chi connectivity index (χ2v) is 8.57. The summed E-state index contributed by atoms with van der Waals surface area (Å²) in [4.78, 5) is 12.4. The summed E-state index contributed by atoms with van der Waals surface area (Å²) < 4.78 is 22.7. The van der Waals surface area contributed by atoms with Gasteiger partial charge < -0.3 is 0 Å². The van der Waals surface area contributed by atoms with Crippen molar-refractivity contribution in [3.05, 3.63) is 35.4 Å². The normalized spacial score (nSPS) is 15.1. The molecule has 3 nitrogen and oxygen atoms in total. The van der Waals surface area contributed by atoms with E-state index in [2.05, 4.69) is 15.9 Å². The number of carbonyl (C=O) groups excluding carboxylic acids is 1. The number of aryl methyl sites for hydroxylation is 1. The molecule has 0 aliphatic heterocycles. The number of hydrogen-bond acceptors (Lipinski definition) is 3. The van der Waals surface area contributed by atoms with Crippen molar-refractivity contribution in [3.8, 4) is 0 Å². The molecule has 0 saturated heterocycles. The summed E-state index contributed by atoms with van der Waals surface area (Å²) in [6.45, 7) is 5.10. The average Bonchev–Trinajstić information content (AvgIpc) is 2.36. The number of carbonyl (C=O) groups is 1. The predicted molar refractivity (Wildman–Crippen MR) is 76.9 cm³/mol. The molecule has 0 radical (unpaired) electrons. The molecule has 0 heterocycles. The van der Waals surface area contributed by atoms with Gasteiger partial charge in [-0.25, -0.2) is 8.42 Å². The maximum Gasteiger partial charge on any atom is 0.194 e. The summed E-state index contributed by atoms with van der Waals surface area (Å²) in [5.41, 5.74) is 1.35. The van der Waals surface area contributed by atoms with E-state index in [1.54, 1.807) is 32.0 Å². The minimum Gasteiger partial charge on any atom is -0.291 e. The lowest BCUT2D eigenvalue weighted by molar-refractivity contribution is 0.0976. The Balaban J connectivity index is 3.31. The first-order chi connectivity index (χ1) is 8.28. The zero-order valence-corrected chi connectivity index (χ0v) is 13.1. The molecule has 1 unspecified atom stereocenters. The minimum absolute atomic E-state index is 0.0658. The van der Waals surface area contributed by atoms with Gasteiger partial charge in [0.25, 0.3) is 0 Å². The highest BCUT2D eigenvalue weighted by atomic mass is 79.9. The first-order valence-corrected chi connectivity index (χ1v) is 8.25. The fourth-order valence-corrected chi connectivity index (χ4v) is 3.97. The number of rotatable bonds is 5. The van der Waals surface area contributed by atoms with Gasteiger partial charge in [-0.3, -0.25) is 4.79 Å². The lowest BCUT2D eigenvalue weighted by Crippen LogP contribution is -2.41. The van der Waals surface area contributed by atoms with Crippen LogP contribution >= 0.6 is 15.9 Å². The van der Waals surface area contributed by atoms with E-state index in [1.807, 2.05) is 13.0 Å². The molecule has 0 N–H and O–H groups in total. The van der Waals surface area contributed by atoms with Crippen LogP contribution in [-0.2, 0) is 9.84 Å². The molecular formula is C13H17BrO3S. The van der Waals surface area contributed by atoms with E-state index in [0.29, 0.717) is 5.56 Å². The molecular weight excluding hydrogens is 316 g/mol. The standard InChI is InChI=1S/C13H17BrO3S/c1-4-13(14,18(16,17)5-2)12(15)11-8-6-7-10(3)9-11/h6-9H,4-5H2,1-3H3. The third-order valence-electron chi connectivity index (χ3n) is 2.95. The molecule has 1 aromatic rings. The maximum absolute atomic E-state index is 12.4. The summed E-state index contributed by atoms with van der Waals surface area (Å²) >= 11 is 3.16. The van der Waals surface area contributed by atoms with Crippen molar-refractivity contribution in [1.82, 2.24) is 0 Å². The van der Waals surface area contributed by atoms with Gasteiger partial charge in [0.1, 0.15) is 0 Å². The van der Waals surface area contributed by atoms with Crippen LogP contribution in [0.3, 0.4) is 0 Å². The second kappa shape index (κ2) is 5.53. The van der Waals surface area contributed by atoms with E-state index in [4.69, 9.17) is 0 Å². The zero-order valence-electron chi connectivity index (χ0n) is 10.7. The molecule has 100 valence electrons. The molecule has 18 heavy (non-hydrogen) atoms. The van der Waals surface area contributed by atoms with Crippen LogP contribution in [0.1, 0.15) is 36.2 Å². The Hall–Kier alpha value is -0.680. The van der Waals surface area contributed by atoms with Gasteiger partial charge in [0.2, 0.25) is 0 Å². The quantitative estimate of drug-likeness (QED) is 0.614. The third-order valence-corrected chi connectivity index (χ3v) is 7.57. The molecule has 0 aromatic heterocycles. The Labute approximate surface area is 117 Å². The lowest BCUT2D eigenvalue weighted by atomic mass is 10.0. The summed E-state index contributed by atoms with van der Waals surface area (Å²) in [7, 11) is -3.50. The highest BCUT2D eigenvalue weighted by Gasteiger charge is 2.45. The van der Waals surface area contributed by atoms with Crippen molar-refractivity contribution in [1.29, 1.82) is 0 Å². The molecule has 0 aliphatic rings. The van der Waals surface area contributed by atoms with Crippen molar-refractivity contribution in [2.45, 2.75) is 30.8 Å². The first kappa shape index (κ1) is 15.4. The Morgan fingerprint density at radius 3 is 2.39 bits per heavy atom. The van der Waals surface area contributed by atoms with Gasteiger partial charge in [0.15, 0.2) is 19.3 Å². The van der Waals surface area contributed by atoms with E-state index in [9.17, 15) is 13.2 Å². The van der Waals surface area contributed by atoms with Crippen LogP contribution in [0, 0.1) is 6.92 Å². The summed E-state index contributed by atoms with van der Waals surface area (Å²) in [6, 6.07) is 6.97. The van der Waals surface area contributed by atoms with Crippen molar-refractivity contribution < 1.29 is 13.2 Å². The number of Topliss-reactive ketones (excluding diaryl/α,β-unsaturated/α-hetero) is 1. The lowest BCUT2D eigenvalue weighted by Gasteiger charge is -2.24. The zero-order chi connectivity index (χ0) is 14.0. The third kappa shape index (κ3) is 2.67. The number of benzene rings is 1. The van der Waals surface area contributed by atoms with Crippen LogP contribution in [0.15, 0.2) is 24.3 Å². The molecule has 0 bridgehead atoms.